The van der Waals surface area contributed by atoms with Gasteiger partial charge in [0.1, 0.15) is 0 Å². The number of para-hydroxylation sites is 2. The lowest BCUT2D eigenvalue weighted by Gasteiger charge is -2.09. The monoisotopic (exact) mass is 237 g/mol. The fourth-order valence-corrected chi connectivity index (χ4v) is 2.32. The van der Waals surface area contributed by atoms with Crippen molar-refractivity contribution in [2.45, 2.75) is 13.7 Å². The molecule has 0 spiro atoms. The van der Waals surface area contributed by atoms with Gasteiger partial charge in [-0.3, -0.25) is 0 Å². The number of ether oxygens (including phenoxy) is 1. The van der Waals surface area contributed by atoms with Crippen LogP contribution in [0.4, 0.5) is 0 Å². The van der Waals surface area contributed by atoms with Crippen molar-refractivity contribution >= 4 is 21.8 Å². The van der Waals surface area contributed by atoms with Gasteiger partial charge >= 0.3 is 0 Å². The van der Waals surface area contributed by atoms with Crippen LogP contribution in [0.3, 0.4) is 0 Å². The second-order valence-corrected chi connectivity index (χ2v) is 4.44. The summed E-state index contributed by atoms with van der Waals surface area (Å²) in [4.78, 5) is 0. The first-order valence-corrected chi connectivity index (χ1v) is 6.01. The molecule has 1 heterocycles. The van der Waals surface area contributed by atoms with E-state index < -0.39 is 0 Å². The van der Waals surface area contributed by atoms with E-state index in [1.165, 1.54) is 21.8 Å². The summed E-state index contributed by atoms with van der Waals surface area (Å²) in [5, 5.41) is 2.52. The molecular weight excluding hydrogens is 222 g/mol. The van der Waals surface area contributed by atoms with E-state index in [1.807, 2.05) is 6.92 Å². The average molecular weight is 237 g/mol. The minimum Gasteiger partial charge on any atom is -0.478 e. The highest BCUT2D eigenvalue weighted by Gasteiger charge is 2.09. The Morgan fingerprint density at radius 3 is 2.00 bits per heavy atom. The molecule has 2 nitrogen and oxygen atoms in total. The number of nitrogens with zero attached hydrogens (tertiary/aromatic N) is 1. The van der Waals surface area contributed by atoms with Gasteiger partial charge in [0.25, 0.3) is 0 Å². The molecule has 0 bridgehead atoms. The first kappa shape index (κ1) is 10.9. The predicted octanol–water partition coefficient (Wildman–Crippen LogP) is 4.30. The SMILES string of the molecule is C=C(C)OCn1c2ccccc2c2ccccc21. The molecule has 0 saturated heterocycles. The summed E-state index contributed by atoms with van der Waals surface area (Å²) in [5.41, 5.74) is 2.39. The van der Waals surface area contributed by atoms with Crippen LogP contribution in [0, 0.1) is 0 Å². The van der Waals surface area contributed by atoms with Gasteiger partial charge < -0.3 is 9.30 Å². The summed E-state index contributed by atoms with van der Waals surface area (Å²) < 4.78 is 7.75. The van der Waals surface area contributed by atoms with Crippen molar-refractivity contribution in [1.82, 2.24) is 4.57 Å². The molecule has 2 aromatic carbocycles. The molecule has 0 aliphatic rings. The lowest BCUT2D eigenvalue weighted by Crippen LogP contribution is -2.00. The summed E-state index contributed by atoms with van der Waals surface area (Å²) in [6, 6.07) is 16.8. The van der Waals surface area contributed by atoms with Crippen LogP contribution in [-0.2, 0) is 11.5 Å². The second kappa shape index (κ2) is 4.22. The molecule has 18 heavy (non-hydrogen) atoms. The second-order valence-electron chi connectivity index (χ2n) is 4.44. The summed E-state index contributed by atoms with van der Waals surface area (Å²) in [5.74, 6) is 0.733. The van der Waals surface area contributed by atoms with Crippen LogP contribution in [0.15, 0.2) is 60.9 Å². The Labute approximate surface area is 106 Å². The van der Waals surface area contributed by atoms with Gasteiger partial charge in [-0.1, -0.05) is 43.0 Å². The fourth-order valence-electron chi connectivity index (χ4n) is 2.32. The van der Waals surface area contributed by atoms with Crippen LogP contribution in [0.5, 0.6) is 0 Å². The standard InChI is InChI=1S/C16H15NO/c1-12(2)18-11-17-15-9-5-3-7-13(15)14-8-4-6-10-16(14)17/h3-10H,1,11H2,2H3. The van der Waals surface area contributed by atoms with Gasteiger partial charge in [-0.2, -0.15) is 0 Å². The van der Waals surface area contributed by atoms with E-state index in [4.69, 9.17) is 4.74 Å². The summed E-state index contributed by atoms with van der Waals surface area (Å²) >= 11 is 0. The van der Waals surface area contributed by atoms with Crippen molar-refractivity contribution < 1.29 is 4.74 Å². The smallest absolute Gasteiger partial charge is 0.165 e. The van der Waals surface area contributed by atoms with Crippen LogP contribution < -0.4 is 0 Å². The highest BCUT2D eigenvalue weighted by molar-refractivity contribution is 6.07. The van der Waals surface area contributed by atoms with Crippen molar-refractivity contribution in [3.63, 3.8) is 0 Å². The number of aromatic nitrogens is 1. The first-order valence-electron chi connectivity index (χ1n) is 6.01. The molecule has 1 aromatic heterocycles. The number of allylic oxidation sites excluding steroid dienone is 1. The highest BCUT2D eigenvalue weighted by atomic mass is 16.5. The first-order chi connectivity index (χ1) is 8.77. The van der Waals surface area contributed by atoms with Gasteiger partial charge in [0.2, 0.25) is 0 Å². The third-order valence-corrected chi connectivity index (χ3v) is 3.12. The summed E-state index contributed by atoms with van der Waals surface area (Å²) in [7, 11) is 0. The number of rotatable bonds is 3. The Morgan fingerprint density at radius 2 is 1.50 bits per heavy atom. The van der Waals surface area contributed by atoms with Gasteiger partial charge in [-0.05, 0) is 19.1 Å². The lowest BCUT2D eigenvalue weighted by atomic mass is 10.2. The molecule has 0 saturated carbocycles. The molecule has 0 fully saturated rings. The molecule has 0 atom stereocenters. The molecule has 0 radical (unpaired) electrons. The third-order valence-electron chi connectivity index (χ3n) is 3.12. The normalized spacial score (nSPS) is 10.9. The van der Waals surface area contributed by atoms with E-state index >= 15 is 0 Å². The van der Waals surface area contributed by atoms with Crippen molar-refractivity contribution in [1.29, 1.82) is 0 Å². The maximum atomic E-state index is 5.57. The van der Waals surface area contributed by atoms with Gasteiger partial charge in [-0.15, -0.1) is 0 Å². The van der Waals surface area contributed by atoms with Gasteiger partial charge in [0.05, 0.1) is 16.8 Å². The Kier molecular flexibility index (Phi) is 2.56. The van der Waals surface area contributed by atoms with Crippen LogP contribution in [0.25, 0.3) is 21.8 Å². The lowest BCUT2D eigenvalue weighted by molar-refractivity contribution is 0.154. The maximum Gasteiger partial charge on any atom is 0.165 e. The Morgan fingerprint density at radius 1 is 1.00 bits per heavy atom. The average Bonchev–Trinajstić information content (AvgIpc) is 2.71. The number of hydrogen-bond donors (Lipinski definition) is 0. The van der Waals surface area contributed by atoms with Crippen molar-refractivity contribution in [2.75, 3.05) is 0 Å². The van der Waals surface area contributed by atoms with E-state index in [0.717, 1.165) is 5.76 Å². The van der Waals surface area contributed by atoms with E-state index in [9.17, 15) is 0 Å². The molecule has 0 aliphatic heterocycles. The topological polar surface area (TPSA) is 14.2 Å². The minimum absolute atomic E-state index is 0.503. The zero-order chi connectivity index (χ0) is 12.5. The van der Waals surface area contributed by atoms with Gasteiger partial charge in [0.15, 0.2) is 6.73 Å². The van der Waals surface area contributed by atoms with Crippen molar-refractivity contribution in [2.24, 2.45) is 0 Å². The van der Waals surface area contributed by atoms with E-state index in [2.05, 4.69) is 59.7 Å². The number of fused-ring (bicyclic) bond motifs is 3. The van der Waals surface area contributed by atoms with Gasteiger partial charge in [-0.25, -0.2) is 0 Å². The zero-order valence-electron chi connectivity index (χ0n) is 10.4. The van der Waals surface area contributed by atoms with Crippen molar-refractivity contribution in [3.8, 4) is 0 Å². The molecule has 3 rings (SSSR count). The summed E-state index contributed by atoms with van der Waals surface area (Å²) in [6.45, 7) is 6.15. The number of hydrogen-bond acceptors (Lipinski definition) is 1. The highest BCUT2D eigenvalue weighted by Crippen LogP contribution is 2.28. The van der Waals surface area contributed by atoms with Crippen LogP contribution in [0.2, 0.25) is 0 Å². The Hall–Kier alpha value is -2.22. The molecule has 90 valence electrons. The molecule has 2 heteroatoms. The maximum absolute atomic E-state index is 5.57. The van der Waals surface area contributed by atoms with Crippen molar-refractivity contribution in [3.05, 3.63) is 60.9 Å². The molecular formula is C16H15NO. The van der Waals surface area contributed by atoms with Gasteiger partial charge in [0, 0.05) is 10.8 Å². The molecule has 0 aliphatic carbocycles. The van der Waals surface area contributed by atoms with E-state index in [1.54, 1.807) is 0 Å². The van der Waals surface area contributed by atoms with Crippen LogP contribution >= 0.6 is 0 Å². The van der Waals surface area contributed by atoms with Crippen LogP contribution in [-0.4, -0.2) is 4.57 Å². The third kappa shape index (κ3) is 1.66. The molecule has 0 N–H and O–H groups in total. The number of benzene rings is 2. The predicted molar refractivity (Wildman–Crippen MR) is 75.3 cm³/mol. The molecule has 0 unspecified atom stereocenters. The van der Waals surface area contributed by atoms with E-state index in [0.29, 0.717) is 6.73 Å². The molecule has 0 amide bonds. The summed E-state index contributed by atoms with van der Waals surface area (Å²) in [6.07, 6.45) is 0. The fraction of sp³-hybridized carbons (Fsp3) is 0.125. The van der Waals surface area contributed by atoms with Crippen LogP contribution in [0.1, 0.15) is 6.92 Å². The Bertz CT molecular complexity index is 671. The Balaban J connectivity index is 2.27. The largest absolute Gasteiger partial charge is 0.478 e. The zero-order valence-corrected chi connectivity index (χ0v) is 10.4. The molecule has 3 aromatic rings. The van der Waals surface area contributed by atoms with E-state index in [-0.39, 0.29) is 0 Å². The minimum atomic E-state index is 0.503. The quantitative estimate of drug-likeness (QED) is 0.619.